The molecule has 0 aliphatic rings. The lowest BCUT2D eigenvalue weighted by atomic mass is 9.98. The lowest BCUT2D eigenvalue weighted by Gasteiger charge is -2.41. The summed E-state index contributed by atoms with van der Waals surface area (Å²) in [4.78, 5) is 0. The van der Waals surface area contributed by atoms with Crippen LogP contribution in [0.2, 0.25) is 36.3 Å². The van der Waals surface area contributed by atoms with Gasteiger partial charge in [0.2, 0.25) is 8.32 Å². The monoisotopic (exact) mass is 568 g/mol. The zero-order chi connectivity index (χ0) is 30.2. The molecule has 0 N–H and O–H groups in total. The van der Waals surface area contributed by atoms with Crippen LogP contribution in [0.1, 0.15) is 91.9 Å². The van der Waals surface area contributed by atoms with E-state index in [-0.39, 0.29) is 16.2 Å². The molecule has 3 nitrogen and oxygen atoms in total. The van der Waals surface area contributed by atoms with E-state index in [1.165, 1.54) is 11.1 Å². The van der Waals surface area contributed by atoms with Gasteiger partial charge in [0.15, 0.2) is 8.32 Å². The van der Waals surface area contributed by atoms with Crippen LogP contribution in [0.4, 0.5) is 0 Å². The maximum Gasteiger partial charge on any atom is 0.250 e. The molecule has 1 rings (SSSR count). The molecule has 0 aliphatic carbocycles. The van der Waals surface area contributed by atoms with Crippen LogP contribution in [0.3, 0.4) is 0 Å². The fraction of sp³-hybridized carbons (Fsp3) is 0.588. The zero-order valence-electron chi connectivity index (χ0n) is 27.3. The van der Waals surface area contributed by atoms with Crippen molar-refractivity contribution in [1.82, 2.24) is 0 Å². The SMILES string of the molecule is C#CCC/C=C(/C)Cc1cc(O[Si](C)(C)C(C)(C)C)c([C@H](/C=C(\C)CC=C)O[Si](C)(C)C(C)(C)C)cc1OC. The molecule has 0 fully saturated rings. The normalized spacial score (nSPS) is 14.6. The van der Waals surface area contributed by atoms with Gasteiger partial charge in [0.05, 0.1) is 13.2 Å². The van der Waals surface area contributed by atoms with Crippen LogP contribution in [0.15, 0.2) is 48.1 Å². The molecule has 0 saturated carbocycles. The topological polar surface area (TPSA) is 27.7 Å². The van der Waals surface area contributed by atoms with E-state index in [1.54, 1.807) is 7.11 Å². The Kier molecular flexibility index (Phi) is 12.6. The number of hydrogen-bond acceptors (Lipinski definition) is 3. The lowest BCUT2D eigenvalue weighted by Crippen LogP contribution is -2.44. The second-order valence-corrected chi connectivity index (χ2v) is 23.3. The molecule has 0 radical (unpaired) electrons. The number of ether oxygens (including phenoxy) is 1. The summed E-state index contributed by atoms with van der Waals surface area (Å²) in [5, 5.41) is 0.121. The first kappa shape index (κ1) is 35.0. The van der Waals surface area contributed by atoms with Gasteiger partial charge in [-0.2, -0.15) is 0 Å². The Morgan fingerprint density at radius 2 is 1.56 bits per heavy atom. The Labute approximate surface area is 243 Å². The second kappa shape index (κ2) is 14.1. The summed E-state index contributed by atoms with van der Waals surface area (Å²) in [7, 11) is -2.53. The molecule has 1 atom stereocenters. The maximum absolute atomic E-state index is 7.11. The first-order chi connectivity index (χ1) is 17.8. The van der Waals surface area contributed by atoms with Crippen molar-refractivity contribution in [3.63, 3.8) is 0 Å². The fourth-order valence-electron chi connectivity index (χ4n) is 3.69. The molecule has 5 heteroatoms. The van der Waals surface area contributed by atoms with Crippen molar-refractivity contribution in [2.45, 2.75) is 123 Å². The predicted molar refractivity (Wildman–Crippen MR) is 176 cm³/mol. The first-order valence-electron chi connectivity index (χ1n) is 14.2. The van der Waals surface area contributed by atoms with Crippen LogP contribution in [0, 0.1) is 12.3 Å². The van der Waals surface area contributed by atoms with E-state index in [0.717, 1.165) is 48.3 Å². The largest absolute Gasteiger partial charge is 0.543 e. The molecular formula is C34H56O3Si2. The minimum absolute atomic E-state index is 0.0553. The molecule has 1 aromatic rings. The van der Waals surface area contributed by atoms with E-state index in [1.807, 2.05) is 6.08 Å². The summed E-state index contributed by atoms with van der Waals surface area (Å²) in [6.45, 7) is 31.1. The standard InChI is InChI=1S/C34H56O3Si2/c1-16-18-19-21-27(4)22-28-24-32(37-39(14,15)34(8,9)10)29(25-30(28)35-11)31(23-26(3)20-17-2)36-38(12,13)33(5,6)7/h1,17,21,23-25,31H,2,18-20,22H2,3-15H3/b26-23+,27-21-/t31-/m0/s1. The van der Waals surface area contributed by atoms with Gasteiger partial charge in [-0.25, -0.2) is 0 Å². The number of unbranched alkanes of at least 4 members (excludes halogenated alkanes) is 1. The van der Waals surface area contributed by atoms with Crippen LogP contribution >= 0.6 is 0 Å². The van der Waals surface area contributed by atoms with Gasteiger partial charge in [0.1, 0.15) is 11.5 Å². The highest BCUT2D eigenvalue weighted by molar-refractivity contribution is 6.75. The third-order valence-corrected chi connectivity index (χ3v) is 17.1. The number of benzene rings is 1. The summed E-state index contributed by atoms with van der Waals surface area (Å²) in [6, 6.07) is 4.36. The second-order valence-electron chi connectivity index (χ2n) is 13.8. The maximum atomic E-state index is 7.11. The highest BCUT2D eigenvalue weighted by Gasteiger charge is 2.42. The van der Waals surface area contributed by atoms with Crippen molar-refractivity contribution in [2.24, 2.45) is 0 Å². The molecular weight excluding hydrogens is 513 g/mol. The summed E-state index contributed by atoms with van der Waals surface area (Å²) in [5.41, 5.74) is 4.64. The molecule has 0 heterocycles. The molecule has 0 aromatic heterocycles. The summed E-state index contributed by atoms with van der Waals surface area (Å²) >= 11 is 0. The highest BCUT2D eigenvalue weighted by Crippen LogP contribution is 2.46. The minimum atomic E-state index is -2.15. The quantitative estimate of drug-likeness (QED) is 0.102. The van der Waals surface area contributed by atoms with Crippen molar-refractivity contribution < 1.29 is 13.6 Å². The molecule has 0 unspecified atom stereocenters. The van der Waals surface area contributed by atoms with Gasteiger partial charge in [-0.1, -0.05) is 70.9 Å². The Balaban J connectivity index is 3.91. The molecule has 218 valence electrons. The van der Waals surface area contributed by atoms with E-state index < -0.39 is 16.6 Å². The van der Waals surface area contributed by atoms with Crippen LogP contribution in [0.25, 0.3) is 0 Å². The number of methoxy groups -OCH3 is 1. The Morgan fingerprint density at radius 1 is 0.974 bits per heavy atom. The van der Waals surface area contributed by atoms with Crippen molar-refractivity contribution >= 4 is 16.6 Å². The predicted octanol–water partition coefficient (Wildman–Crippen LogP) is 10.6. The van der Waals surface area contributed by atoms with Gasteiger partial charge in [0.25, 0.3) is 0 Å². The van der Waals surface area contributed by atoms with Crippen molar-refractivity contribution in [2.75, 3.05) is 7.11 Å². The van der Waals surface area contributed by atoms with E-state index in [4.69, 9.17) is 20.0 Å². The zero-order valence-corrected chi connectivity index (χ0v) is 29.3. The van der Waals surface area contributed by atoms with Crippen molar-refractivity contribution in [3.05, 3.63) is 59.2 Å². The fourth-order valence-corrected chi connectivity index (χ4v) is 5.91. The average Bonchev–Trinajstić information content (AvgIpc) is 2.77. The molecule has 0 amide bonds. The number of terminal acetylenes is 1. The van der Waals surface area contributed by atoms with Gasteiger partial charge in [0, 0.05) is 17.5 Å². The molecule has 0 aliphatic heterocycles. The van der Waals surface area contributed by atoms with Crippen LogP contribution in [-0.2, 0) is 10.8 Å². The molecule has 39 heavy (non-hydrogen) atoms. The summed E-state index contributed by atoms with van der Waals surface area (Å²) in [5.74, 6) is 4.49. The number of rotatable bonds is 13. The minimum Gasteiger partial charge on any atom is -0.543 e. The highest BCUT2D eigenvalue weighted by atomic mass is 28.4. The third-order valence-electron chi connectivity index (χ3n) is 8.27. The number of hydrogen-bond donors (Lipinski definition) is 0. The summed E-state index contributed by atoms with van der Waals surface area (Å²) < 4.78 is 20.2. The van der Waals surface area contributed by atoms with Gasteiger partial charge < -0.3 is 13.6 Å². The van der Waals surface area contributed by atoms with Crippen LogP contribution in [-0.4, -0.2) is 23.7 Å². The van der Waals surface area contributed by atoms with Crippen molar-refractivity contribution in [1.29, 1.82) is 0 Å². The summed E-state index contributed by atoms with van der Waals surface area (Å²) in [6.07, 6.45) is 14.9. The Bertz CT molecular complexity index is 1070. The van der Waals surface area contributed by atoms with Crippen molar-refractivity contribution in [3.8, 4) is 23.8 Å². The van der Waals surface area contributed by atoms with E-state index in [2.05, 4.69) is 118 Å². The smallest absolute Gasteiger partial charge is 0.250 e. The number of allylic oxidation sites excluding steroid dienone is 4. The molecule has 0 spiro atoms. The van der Waals surface area contributed by atoms with E-state index in [0.29, 0.717) is 0 Å². The molecule has 0 bridgehead atoms. The van der Waals surface area contributed by atoms with Gasteiger partial charge in [-0.05, 0) is 81.5 Å². The average molecular weight is 569 g/mol. The Morgan fingerprint density at radius 3 is 2.05 bits per heavy atom. The lowest BCUT2D eigenvalue weighted by molar-refractivity contribution is 0.225. The van der Waals surface area contributed by atoms with Gasteiger partial charge in [-0.3, -0.25) is 0 Å². The molecule has 1 aromatic carbocycles. The van der Waals surface area contributed by atoms with E-state index >= 15 is 0 Å². The van der Waals surface area contributed by atoms with Crippen LogP contribution < -0.4 is 9.16 Å². The third kappa shape index (κ3) is 10.2. The van der Waals surface area contributed by atoms with E-state index in [9.17, 15) is 0 Å². The van der Waals surface area contributed by atoms with Gasteiger partial charge >= 0.3 is 0 Å². The first-order valence-corrected chi connectivity index (χ1v) is 20.1. The Hall–Kier alpha value is -2.01. The van der Waals surface area contributed by atoms with Crippen LogP contribution in [0.5, 0.6) is 11.5 Å². The van der Waals surface area contributed by atoms with Gasteiger partial charge in [-0.15, -0.1) is 18.9 Å². The molecule has 0 saturated heterocycles.